The SMILES string of the molecule is COC(=O)/C=C/C(=O)N1CCN(C(=O)CCc2ccccc2C(=O)N[C@H](C)c2cccc3ccccc23)CC1. The lowest BCUT2D eigenvalue weighted by molar-refractivity contribution is -0.137. The van der Waals surface area contributed by atoms with Gasteiger partial charge in [0.05, 0.1) is 13.2 Å². The fourth-order valence-corrected chi connectivity index (χ4v) is 4.83. The number of fused-ring (bicyclic) bond motifs is 1. The van der Waals surface area contributed by atoms with Crippen molar-refractivity contribution in [1.29, 1.82) is 0 Å². The molecule has 3 amide bonds. The minimum atomic E-state index is -0.589. The molecule has 1 N–H and O–H groups in total. The van der Waals surface area contributed by atoms with Gasteiger partial charge in [0.1, 0.15) is 0 Å². The number of aryl methyl sites for hydroxylation is 1. The first-order valence-electron chi connectivity index (χ1n) is 13.1. The van der Waals surface area contributed by atoms with Crippen molar-refractivity contribution >= 4 is 34.5 Å². The minimum Gasteiger partial charge on any atom is -0.466 e. The molecular weight excluding hydrogens is 494 g/mol. The third-order valence-corrected chi connectivity index (χ3v) is 7.01. The van der Waals surface area contributed by atoms with Crippen molar-refractivity contribution in [3.8, 4) is 0 Å². The van der Waals surface area contributed by atoms with Gasteiger partial charge in [0.25, 0.3) is 5.91 Å². The molecule has 0 bridgehead atoms. The van der Waals surface area contributed by atoms with E-state index in [0.717, 1.165) is 28.0 Å². The lowest BCUT2D eigenvalue weighted by Crippen LogP contribution is -2.50. The van der Waals surface area contributed by atoms with Gasteiger partial charge >= 0.3 is 5.97 Å². The van der Waals surface area contributed by atoms with E-state index in [0.29, 0.717) is 38.2 Å². The van der Waals surface area contributed by atoms with Crippen LogP contribution in [0.1, 0.15) is 40.9 Å². The van der Waals surface area contributed by atoms with Crippen molar-refractivity contribution in [3.05, 3.63) is 95.6 Å². The lowest BCUT2D eigenvalue weighted by atomic mass is 9.98. The van der Waals surface area contributed by atoms with Gasteiger partial charge in [-0.1, -0.05) is 60.7 Å². The summed E-state index contributed by atoms with van der Waals surface area (Å²) < 4.78 is 4.50. The van der Waals surface area contributed by atoms with Crippen LogP contribution < -0.4 is 5.32 Å². The summed E-state index contributed by atoms with van der Waals surface area (Å²) in [6.07, 6.45) is 2.98. The number of nitrogens with one attached hydrogen (secondary N) is 1. The summed E-state index contributed by atoms with van der Waals surface area (Å²) in [6.45, 7) is 3.59. The summed E-state index contributed by atoms with van der Waals surface area (Å²) >= 11 is 0. The van der Waals surface area contributed by atoms with Crippen LogP contribution >= 0.6 is 0 Å². The fraction of sp³-hybridized carbons (Fsp3) is 0.290. The number of benzene rings is 3. The van der Waals surface area contributed by atoms with Gasteiger partial charge in [0, 0.05) is 50.3 Å². The zero-order chi connectivity index (χ0) is 27.8. The van der Waals surface area contributed by atoms with Gasteiger partial charge in [0.15, 0.2) is 0 Å². The highest BCUT2D eigenvalue weighted by atomic mass is 16.5. The standard InChI is InChI=1S/C31H33N3O5/c1-22(25-13-7-10-23-8-3-5-11-26(23)25)32-31(38)27-12-6-4-9-24(27)14-15-28(35)33-18-20-34(21-19-33)29(36)16-17-30(37)39-2/h3-13,16-17,22H,14-15,18-21H2,1-2H3,(H,32,38)/b17-16+/t22-/m1/s1. The Morgan fingerprint density at radius 1 is 0.872 bits per heavy atom. The molecule has 8 heteroatoms. The number of ether oxygens (including phenoxy) is 1. The maximum Gasteiger partial charge on any atom is 0.330 e. The zero-order valence-electron chi connectivity index (χ0n) is 22.3. The summed E-state index contributed by atoms with van der Waals surface area (Å²) in [5, 5.41) is 5.35. The van der Waals surface area contributed by atoms with Gasteiger partial charge in [-0.2, -0.15) is 0 Å². The highest BCUT2D eigenvalue weighted by molar-refractivity contribution is 5.97. The second-order valence-electron chi connectivity index (χ2n) is 9.48. The molecule has 8 nitrogen and oxygen atoms in total. The van der Waals surface area contributed by atoms with Crippen molar-refractivity contribution in [1.82, 2.24) is 15.1 Å². The minimum absolute atomic E-state index is 0.0217. The summed E-state index contributed by atoms with van der Waals surface area (Å²) in [5.41, 5.74) is 2.42. The van der Waals surface area contributed by atoms with E-state index in [1.807, 2.05) is 49.4 Å². The third-order valence-electron chi connectivity index (χ3n) is 7.01. The number of methoxy groups -OCH3 is 1. The molecule has 0 radical (unpaired) electrons. The van der Waals surface area contributed by atoms with Gasteiger partial charge in [0.2, 0.25) is 11.8 Å². The molecule has 0 unspecified atom stereocenters. The first-order chi connectivity index (χ1) is 18.9. The first kappa shape index (κ1) is 27.6. The number of hydrogen-bond donors (Lipinski definition) is 1. The second kappa shape index (κ2) is 12.9. The molecule has 1 aliphatic rings. The predicted octanol–water partition coefficient (Wildman–Crippen LogP) is 3.66. The van der Waals surface area contributed by atoms with Crippen LogP contribution in [-0.4, -0.2) is 66.8 Å². The topological polar surface area (TPSA) is 96.0 Å². The number of nitrogens with zero attached hydrogens (tertiary/aromatic N) is 2. The Hall–Kier alpha value is -4.46. The molecule has 0 aromatic heterocycles. The van der Waals surface area contributed by atoms with E-state index < -0.39 is 5.97 Å². The molecule has 3 aromatic carbocycles. The van der Waals surface area contributed by atoms with E-state index in [-0.39, 0.29) is 30.2 Å². The lowest BCUT2D eigenvalue weighted by Gasteiger charge is -2.34. The molecule has 3 aromatic rings. The summed E-state index contributed by atoms with van der Waals surface area (Å²) in [4.78, 5) is 52.9. The van der Waals surface area contributed by atoms with Crippen LogP contribution in [0.3, 0.4) is 0 Å². The van der Waals surface area contributed by atoms with Gasteiger partial charge < -0.3 is 19.9 Å². The Morgan fingerprint density at radius 2 is 1.54 bits per heavy atom. The van der Waals surface area contributed by atoms with Crippen LogP contribution in [-0.2, 0) is 25.5 Å². The molecule has 1 aliphatic heterocycles. The monoisotopic (exact) mass is 527 g/mol. The van der Waals surface area contributed by atoms with Crippen molar-refractivity contribution in [3.63, 3.8) is 0 Å². The number of hydrogen-bond acceptors (Lipinski definition) is 5. The normalized spacial score (nSPS) is 14.3. The second-order valence-corrected chi connectivity index (χ2v) is 9.48. The molecule has 202 valence electrons. The summed E-state index contributed by atoms with van der Waals surface area (Å²) in [6, 6.07) is 21.4. The molecule has 1 saturated heterocycles. The van der Waals surface area contributed by atoms with Crippen LogP contribution in [0.2, 0.25) is 0 Å². The average Bonchev–Trinajstić information content (AvgIpc) is 2.98. The molecule has 0 aliphatic carbocycles. The van der Waals surface area contributed by atoms with Gasteiger partial charge in [-0.05, 0) is 41.3 Å². The maximum atomic E-state index is 13.3. The maximum absolute atomic E-state index is 13.3. The predicted molar refractivity (Wildman–Crippen MR) is 149 cm³/mol. The summed E-state index contributed by atoms with van der Waals surface area (Å²) in [5.74, 6) is -1.07. The van der Waals surface area contributed by atoms with Crippen molar-refractivity contribution in [2.45, 2.75) is 25.8 Å². The Bertz CT molecular complexity index is 1390. The Labute approximate surface area is 228 Å². The van der Waals surface area contributed by atoms with Crippen LogP contribution in [0.25, 0.3) is 10.8 Å². The Morgan fingerprint density at radius 3 is 2.31 bits per heavy atom. The number of esters is 1. The fourth-order valence-electron chi connectivity index (χ4n) is 4.83. The van der Waals surface area contributed by atoms with Crippen molar-refractivity contribution in [2.24, 2.45) is 0 Å². The molecule has 1 heterocycles. The van der Waals surface area contributed by atoms with Gasteiger partial charge in [-0.25, -0.2) is 4.79 Å². The Kier molecular flexibility index (Phi) is 9.10. The van der Waals surface area contributed by atoms with E-state index >= 15 is 0 Å². The highest BCUT2D eigenvalue weighted by Crippen LogP contribution is 2.24. The van der Waals surface area contributed by atoms with Gasteiger partial charge in [-0.3, -0.25) is 14.4 Å². The van der Waals surface area contributed by atoms with Crippen molar-refractivity contribution < 1.29 is 23.9 Å². The average molecular weight is 528 g/mol. The molecule has 39 heavy (non-hydrogen) atoms. The van der Waals surface area contributed by atoms with E-state index in [4.69, 9.17) is 0 Å². The van der Waals surface area contributed by atoms with E-state index in [9.17, 15) is 19.2 Å². The van der Waals surface area contributed by atoms with Crippen LogP contribution in [0, 0.1) is 0 Å². The molecular formula is C31H33N3O5. The van der Waals surface area contributed by atoms with Crippen molar-refractivity contribution in [2.75, 3.05) is 33.3 Å². The third kappa shape index (κ3) is 6.90. The largest absolute Gasteiger partial charge is 0.466 e. The molecule has 4 rings (SSSR count). The number of amides is 3. The first-order valence-corrected chi connectivity index (χ1v) is 13.1. The van der Waals surface area contributed by atoms with E-state index in [2.05, 4.69) is 28.3 Å². The molecule has 1 atom stereocenters. The number of carbonyl (C=O) groups is 4. The molecule has 0 saturated carbocycles. The van der Waals surface area contributed by atoms with Crippen LogP contribution in [0.15, 0.2) is 78.9 Å². The van der Waals surface area contributed by atoms with E-state index in [1.165, 1.54) is 13.2 Å². The number of carbonyl (C=O) groups excluding carboxylic acids is 4. The highest BCUT2D eigenvalue weighted by Gasteiger charge is 2.24. The van der Waals surface area contributed by atoms with E-state index in [1.54, 1.807) is 15.9 Å². The quantitative estimate of drug-likeness (QED) is 0.356. The number of piperazine rings is 1. The smallest absolute Gasteiger partial charge is 0.330 e. The van der Waals surface area contributed by atoms with Crippen LogP contribution in [0.5, 0.6) is 0 Å². The number of rotatable bonds is 8. The van der Waals surface area contributed by atoms with Crippen LogP contribution in [0.4, 0.5) is 0 Å². The molecule has 1 fully saturated rings. The zero-order valence-corrected chi connectivity index (χ0v) is 22.3. The molecule has 0 spiro atoms. The summed E-state index contributed by atoms with van der Waals surface area (Å²) in [7, 11) is 1.25. The Balaban J connectivity index is 1.33. The van der Waals surface area contributed by atoms with Gasteiger partial charge in [-0.15, -0.1) is 0 Å².